The van der Waals surface area contributed by atoms with Crippen LogP contribution >= 0.6 is 0 Å². The third-order valence-corrected chi connectivity index (χ3v) is 1.14. The summed E-state index contributed by atoms with van der Waals surface area (Å²) in [7, 11) is 1.66. The van der Waals surface area contributed by atoms with Gasteiger partial charge in [-0.3, -0.25) is 0 Å². The molecule has 1 atom stereocenters. The normalized spacial score (nSPS) is 24.3. The van der Waals surface area contributed by atoms with Crippen molar-refractivity contribution in [3.05, 3.63) is 0 Å². The summed E-state index contributed by atoms with van der Waals surface area (Å²) in [5.41, 5.74) is 0. The van der Waals surface area contributed by atoms with Crippen molar-refractivity contribution in [2.75, 3.05) is 33.5 Å². The van der Waals surface area contributed by atoms with Crippen LogP contribution in [0, 0.1) is 0 Å². The molecule has 0 amide bonds. The molecule has 0 aromatic carbocycles. The van der Waals surface area contributed by atoms with Crippen molar-refractivity contribution in [3.8, 4) is 0 Å². The molecule has 1 saturated heterocycles. The molecule has 1 aliphatic rings. The molecule has 0 saturated carbocycles. The van der Waals surface area contributed by atoms with Gasteiger partial charge in [0.2, 0.25) is 0 Å². The highest BCUT2D eigenvalue weighted by molar-refractivity contribution is 4.66. The van der Waals surface area contributed by atoms with Crippen LogP contribution < -0.4 is 0 Å². The van der Waals surface area contributed by atoms with E-state index in [1.54, 1.807) is 7.11 Å². The zero-order valence-electron chi connectivity index (χ0n) is 5.63. The molecule has 1 heterocycles. The summed E-state index contributed by atoms with van der Waals surface area (Å²) in [4.78, 5) is 0. The molecule has 1 aliphatic heterocycles. The van der Waals surface area contributed by atoms with Gasteiger partial charge >= 0.3 is 0 Å². The monoisotopic (exact) mass is 132 g/mol. The topological polar surface area (TPSA) is 31.0 Å². The maximum atomic E-state index is 5.15. The van der Waals surface area contributed by atoms with Crippen LogP contribution in [0.1, 0.15) is 0 Å². The molecule has 3 nitrogen and oxygen atoms in total. The minimum atomic E-state index is 0.377. The summed E-state index contributed by atoms with van der Waals surface area (Å²) in [6.45, 7) is 2.94. The molecule has 0 aromatic heterocycles. The predicted molar refractivity (Wildman–Crippen MR) is 32.4 cm³/mol. The minimum absolute atomic E-state index is 0.377. The van der Waals surface area contributed by atoms with Crippen LogP contribution in [0.5, 0.6) is 0 Å². The van der Waals surface area contributed by atoms with Crippen molar-refractivity contribution in [2.45, 2.75) is 6.10 Å². The van der Waals surface area contributed by atoms with Crippen molar-refractivity contribution in [1.29, 1.82) is 0 Å². The number of hydrogen-bond donors (Lipinski definition) is 0. The number of epoxide rings is 1. The average Bonchev–Trinajstić information content (AvgIpc) is 2.63. The Balaban J connectivity index is 1.71. The standard InChI is InChI=1S/C6H12O3/c1-7-2-3-8-4-6-5-9-6/h6H,2-5H2,1H3/t6-/m1/s1. The summed E-state index contributed by atoms with van der Waals surface area (Å²) < 4.78 is 14.8. The van der Waals surface area contributed by atoms with E-state index in [9.17, 15) is 0 Å². The number of methoxy groups -OCH3 is 1. The van der Waals surface area contributed by atoms with E-state index in [4.69, 9.17) is 14.2 Å². The highest BCUT2D eigenvalue weighted by Crippen LogP contribution is 2.07. The molecule has 0 N–H and O–H groups in total. The molecular formula is C6H12O3. The van der Waals surface area contributed by atoms with Gasteiger partial charge in [-0.15, -0.1) is 0 Å². The Bertz CT molecular complexity index is 70.7. The molecule has 1 rings (SSSR count). The molecule has 54 valence electrons. The minimum Gasteiger partial charge on any atom is -0.382 e. The first-order chi connectivity index (χ1) is 4.43. The third-order valence-electron chi connectivity index (χ3n) is 1.14. The fourth-order valence-electron chi connectivity index (χ4n) is 0.521. The zero-order valence-corrected chi connectivity index (χ0v) is 5.63. The van der Waals surface area contributed by atoms with Crippen LogP contribution in [-0.2, 0) is 14.2 Å². The predicted octanol–water partition coefficient (Wildman–Crippen LogP) is 0.0482. The molecule has 0 aromatic rings. The van der Waals surface area contributed by atoms with Crippen LogP contribution in [-0.4, -0.2) is 39.6 Å². The van der Waals surface area contributed by atoms with Gasteiger partial charge in [0.05, 0.1) is 26.4 Å². The first-order valence-corrected chi connectivity index (χ1v) is 3.12. The smallest absolute Gasteiger partial charge is 0.104 e. The third kappa shape index (κ3) is 3.46. The van der Waals surface area contributed by atoms with E-state index < -0.39 is 0 Å². The van der Waals surface area contributed by atoms with Gasteiger partial charge in [-0.2, -0.15) is 0 Å². The summed E-state index contributed by atoms with van der Waals surface area (Å²) >= 11 is 0. The van der Waals surface area contributed by atoms with Gasteiger partial charge in [0, 0.05) is 7.11 Å². The highest BCUT2D eigenvalue weighted by Gasteiger charge is 2.21. The highest BCUT2D eigenvalue weighted by atomic mass is 16.6. The average molecular weight is 132 g/mol. The van der Waals surface area contributed by atoms with E-state index in [0.717, 1.165) is 13.2 Å². The van der Waals surface area contributed by atoms with E-state index in [2.05, 4.69) is 0 Å². The van der Waals surface area contributed by atoms with E-state index in [1.165, 1.54) is 0 Å². The Hall–Kier alpha value is -0.120. The molecule has 0 bridgehead atoms. The van der Waals surface area contributed by atoms with Crippen molar-refractivity contribution in [2.24, 2.45) is 0 Å². The van der Waals surface area contributed by atoms with Gasteiger partial charge < -0.3 is 14.2 Å². The SMILES string of the molecule is COCCOC[C@@H]1CO1. The second-order valence-corrected chi connectivity index (χ2v) is 2.02. The van der Waals surface area contributed by atoms with E-state index in [-0.39, 0.29) is 0 Å². The quantitative estimate of drug-likeness (QED) is 0.391. The Morgan fingerprint density at radius 1 is 1.56 bits per heavy atom. The Kier molecular flexibility index (Phi) is 2.97. The van der Waals surface area contributed by atoms with Crippen molar-refractivity contribution in [1.82, 2.24) is 0 Å². The van der Waals surface area contributed by atoms with Crippen molar-refractivity contribution < 1.29 is 14.2 Å². The van der Waals surface area contributed by atoms with Crippen molar-refractivity contribution >= 4 is 0 Å². The first kappa shape index (κ1) is 6.99. The van der Waals surface area contributed by atoms with Crippen LogP contribution in [0.25, 0.3) is 0 Å². The number of ether oxygens (including phenoxy) is 3. The molecule has 9 heavy (non-hydrogen) atoms. The Labute approximate surface area is 54.9 Å². The van der Waals surface area contributed by atoms with Crippen LogP contribution in [0.15, 0.2) is 0 Å². The van der Waals surface area contributed by atoms with Gasteiger partial charge in [0.15, 0.2) is 0 Å². The fourth-order valence-corrected chi connectivity index (χ4v) is 0.521. The maximum Gasteiger partial charge on any atom is 0.104 e. The second-order valence-electron chi connectivity index (χ2n) is 2.02. The first-order valence-electron chi connectivity index (χ1n) is 3.12. The summed E-state index contributed by atoms with van der Waals surface area (Å²) in [6, 6.07) is 0. The largest absolute Gasteiger partial charge is 0.382 e. The fraction of sp³-hybridized carbons (Fsp3) is 1.00. The van der Waals surface area contributed by atoms with Gasteiger partial charge in [0.1, 0.15) is 6.10 Å². The Morgan fingerprint density at radius 3 is 2.89 bits per heavy atom. The van der Waals surface area contributed by atoms with E-state index >= 15 is 0 Å². The van der Waals surface area contributed by atoms with Crippen LogP contribution in [0.3, 0.4) is 0 Å². The van der Waals surface area contributed by atoms with Gasteiger partial charge in [-0.25, -0.2) is 0 Å². The molecule has 1 fully saturated rings. The zero-order chi connectivity index (χ0) is 6.53. The Morgan fingerprint density at radius 2 is 2.33 bits per heavy atom. The van der Waals surface area contributed by atoms with E-state index in [1.807, 2.05) is 0 Å². The molecule has 0 aliphatic carbocycles. The van der Waals surface area contributed by atoms with Gasteiger partial charge in [-0.05, 0) is 0 Å². The lowest BCUT2D eigenvalue weighted by atomic mass is 10.5. The maximum absolute atomic E-state index is 5.15. The lowest BCUT2D eigenvalue weighted by Crippen LogP contribution is -2.06. The summed E-state index contributed by atoms with van der Waals surface area (Å²) in [6.07, 6.45) is 0.377. The van der Waals surface area contributed by atoms with Gasteiger partial charge in [0.25, 0.3) is 0 Å². The molecule has 0 radical (unpaired) electrons. The number of rotatable bonds is 5. The molecule has 3 heteroatoms. The summed E-state index contributed by atoms with van der Waals surface area (Å²) in [5, 5.41) is 0. The summed E-state index contributed by atoms with van der Waals surface area (Å²) in [5.74, 6) is 0. The number of hydrogen-bond acceptors (Lipinski definition) is 3. The van der Waals surface area contributed by atoms with E-state index in [0.29, 0.717) is 19.3 Å². The molecular weight excluding hydrogens is 120 g/mol. The lowest BCUT2D eigenvalue weighted by molar-refractivity contribution is 0.0622. The second kappa shape index (κ2) is 3.82. The molecule has 0 spiro atoms. The van der Waals surface area contributed by atoms with Gasteiger partial charge in [-0.1, -0.05) is 0 Å². The van der Waals surface area contributed by atoms with Crippen LogP contribution in [0.4, 0.5) is 0 Å². The van der Waals surface area contributed by atoms with Crippen LogP contribution in [0.2, 0.25) is 0 Å². The van der Waals surface area contributed by atoms with Crippen molar-refractivity contribution in [3.63, 3.8) is 0 Å². The lowest BCUT2D eigenvalue weighted by Gasteiger charge is -1.98. The molecule has 0 unspecified atom stereocenters.